The lowest BCUT2D eigenvalue weighted by atomic mass is 10.1. The van der Waals surface area contributed by atoms with Crippen LogP contribution < -0.4 is 5.32 Å². The van der Waals surface area contributed by atoms with Crippen LogP contribution in [0.3, 0.4) is 0 Å². The third-order valence-electron chi connectivity index (χ3n) is 4.00. The van der Waals surface area contributed by atoms with E-state index in [1.165, 1.54) is 6.20 Å². The highest BCUT2D eigenvalue weighted by Gasteiger charge is 2.38. The van der Waals surface area contributed by atoms with Crippen LogP contribution in [-0.2, 0) is 4.74 Å². The van der Waals surface area contributed by atoms with Crippen molar-refractivity contribution in [2.75, 3.05) is 0 Å². The summed E-state index contributed by atoms with van der Waals surface area (Å²) < 4.78 is 5.58. The first-order chi connectivity index (χ1) is 12.6. The third-order valence-corrected chi connectivity index (χ3v) is 4.00. The summed E-state index contributed by atoms with van der Waals surface area (Å²) in [4.78, 5) is 29.5. The Morgan fingerprint density at radius 3 is 2.52 bits per heavy atom. The smallest absolute Gasteiger partial charge is 0.411 e. The number of carboxylic acid groups (broad SMARTS) is 1. The standard InChI is InChI=1S/C20H27N3O4/c1-6-15-11-14(12-16(22-15)9-10-21-18(24)25)13(2)23(17-7-8-17)19(26)27-20(3,4)5/h6,9-13,17,21H,1,7-8H2,2-5H3,(H,24,25)/b10-9+. The van der Waals surface area contributed by atoms with E-state index in [-0.39, 0.29) is 18.2 Å². The SMILES string of the molecule is C=Cc1cc(C(C)N(C(=O)OC(C)(C)C)C2CC2)cc(/C=C/NC(=O)O)n1. The van der Waals surface area contributed by atoms with Crippen molar-refractivity contribution in [3.05, 3.63) is 41.9 Å². The zero-order valence-corrected chi connectivity index (χ0v) is 16.2. The Hall–Kier alpha value is -2.83. The van der Waals surface area contributed by atoms with Gasteiger partial charge in [0.1, 0.15) is 5.60 Å². The van der Waals surface area contributed by atoms with Crippen LogP contribution in [0.4, 0.5) is 9.59 Å². The fraction of sp³-hybridized carbons (Fsp3) is 0.450. The van der Waals surface area contributed by atoms with E-state index in [0.29, 0.717) is 11.4 Å². The second kappa shape index (κ2) is 8.24. The first-order valence-electron chi connectivity index (χ1n) is 8.92. The van der Waals surface area contributed by atoms with Crippen molar-refractivity contribution in [1.29, 1.82) is 0 Å². The predicted octanol–water partition coefficient (Wildman–Crippen LogP) is 4.42. The molecular weight excluding hydrogens is 346 g/mol. The molecule has 0 spiro atoms. The molecule has 0 saturated heterocycles. The van der Waals surface area contributed by atoms with Crippen molar-refractivity contribution in [1.82, 2.24) is 15.2 Å². The number of hydrogen-bond acceptors (Lipinski definition) is 4. The number of hydrogen-bond donors (Lipinski definition) is 2. The second-order valence-electron chi connectivity index (χ2n) is 7.53. The molecule has 1 aromatic heterocycles. The number of pyridine rings is 1. The minimum absolute atomic E-state index is 0.169. The lowest BCUT2D eigenvalue weighted by Gasteiger charge is -2.32. The minimum Gasteiger partial charge on any atom is -0.465 e. The zero-order valence-electron chi connectivity index (χ0n) is 16.2. The maximum atomic E-state index is 12.7. The molecular formula is C20H27N3O4. The molecule has 1 aromatic rings. The maximum Gasteiger partial charge on any atom is 0.411 e. The summed E-state index contributed by atoms with van der Waals surface area (Å²) in [5.74, 6) is 0. The number of rotatable bonds is 6. The van der Waals surface area contributed by atoms with Gasteiger partial charge in [-0.2, -0.15) is 0 Å². The van der Waals surface area contributed by atoms with Gasteiger partial charge in [0.2, 0.25) is 0 Å². The summed E-state index contributed by atoms with van der Waals surface area (Å²) in [6, 6.07) is 3.66. The molecule has 2 rings (SSSR count). The number of aromatic nitrogens is 1. The number of carbonyl (C=O) groups is 2. The molecule has 0 aliphatic heterocycles. The monoisotopic (exact) mass is 373 g/mol. The molecule has 0 radical (unpaired) electrons. The molecule has 1 saturated carbocycles. The van der Waals surface area contributed by atoms with Gasteiger partial charge in [-0.15, -0.1) is 0 Å². The van der Waals surface area contributed by atoms with E-state index in [4.69, 9.17) is 9.84 Å². The quantitative estimate of drug-likeness (QED) is 0.770. The largest absolute Gasteiger partial charge is 0.465 e. The fourth-order valence-electron chi connectivity index (χ4n) is 2.68. The van der Waals surface area contributed by atoms with Gasteiger partial charge in [-0.05, 0) is 70.4 Å². The first-order valence-corrected chi connectivity index (χ1v) is 8.92. The molecule has 1 unspecified atom stereocenters. The molecule has 1 heterocycles. The van der Waals surface area contributed by atoms with Crippen LogP contribution in [0.1, 0.15) is 63.5 Å². The summed E-state index contributed by atoms with van der Waals surface area (Å²) in [6.07, 6.45) is 4.91. The van der Waals surface area contributed by atoms with Crippen molar-refractivity contribution in [2.45, 2.75) is 58.2 Å². The molecule has 0 bridgehead atoms. The minimum atomic E-state index is -1.15. The number of amides is 2. The van der Waals surface area contributed by atoms with E-state index >= 15 is 0 Å². The van der Waals surface area contributed by atoms with Gasteiger partial charge in [0.25, 0.3) is 0 Å². The van der Waals surface area contributed by atoms with Gasteiger partial charge in [0, 0.05) is 12.2 Å². The van der Waals surface area contributed by atoms with Crippen LogP contribution in [0.2, 0.25) is 0 Å². The van der Waals surface area contributed by atoms with Crippen molar-refractivity contribution in [2.24, 2.45) is 0 Å². The Morgan fingerprint density at radius 2 is 2.00 bits per heavy atom. The van der Waals surface area contributed by atoms with Crippen LogP contribution in [-0.4, -0.2) is 38.8 Å². The molecule has 1 fully saturated rings. The molecule has 1 atom stereocenters. The highest BCUT2D eigenvalue weighted by molar-refractivity contribution is 5.70. The molecule has 0 aromatic carbocycles. The van der Waals surface area contributed by atoms with Gasteiger partial charge in [-0.1, -0.05) is 6.58 Å². The van der Waals surface area contributed by atoms with E-state index in [0.717, 1.165) is 18.4 Å². The topological polar surface area (TPSA) is 91.8 Å². The highest BCUT2D eigenvalue weighted by atomic mass is 16.6. The molecule has 7 heteroatoms. The van der Waals surface area contributed by atoms with Crippen molar-refractivity contribution in [3.63, 3.8) is 0 Å². The third kappa shape index (κ3) is 6.13. The van der Waals surface area contributed by atoms with Gasteiger partial charge in [0.15, 0.2) is 0 Å². The van der Waals surface area contributed by atoms with Crippen molar-refractivity contribution < 1.29 is 19.4 Å². The van der Waals surface area contributed by atoms with Crippen molar-refractivity contribution in [3.8, 4) is 0 Å². The summed E-state index contributed by atoms with van der Waals surface area (Å²) in [6.45, 7) is 11.3. The zero-order chi connectivity index (χ0) is 20.2. The van der Waals surface area contributed by atoms with Gasteiger partial charge in [-0.3, -0.25) is 10.2 Å². The molecule has 146 valence electrons. The summed E-state index contributed by atoms with van der Waals surface area (Å²) in [5.41, 5.74) is 1.54. The van der Waals surface area contributed by atoms with Crippen LogP contribution >= 0.6 is 0 Å². The average Bonchev–Trinajstić information content (AvgIpc) is 3.37. The lowest BCUT2D eigenvalue weighted by molar-refractivity contribution is 0.0153. The van der Waals surface area contributed by atoms with Gasteiger partial charge >= 0.3 is 12.2 Å². The molecule has 1 aliphatic rings. The molecule has 7 nitrogen and oxygen atoms in total. The summed E-state index contributed by atoms with van der Waals surface area (Å²) >= 11 is 0. The molecule has 27 heavy (non-hydrogen) atoms. The molecule has 1 aliphatic carbocycles. The molecule has 2 N–H and O–H groups in total. The predicted molar refractivity (Wildman–Crippen MR) is 104 cm³/mol. The second-order valence-corrected chi connectivity index (χ2v) is 7.53. The normalized spacial score (nSPS) is 15.3. The van der Waals surface area contributed by atoms with E-state index in [2.05, 4.69) is 16.9 Å². The lowest BCUT2D eigenvalue weighted by Crippen LogP contribution is -2.39. The van der Waals surface area contributed by atoms with E-state index in [1.54, 1.807) is 17.1 Å². The van der Waals surface area contributed by atoms with E-state index in [9.17, 15) is 9.59 Å². The Bertz CT molecular complexity index is 748. The van der Waals surface area contributed by atoms with E-state index in [1.807, 2.05) is 39.8 Å². The Balaban J connectivity index is 2.30. The van der Waals surface area contributed by atoms with Crippen LogP contribution in [0, 0.1) is 0 Å². The fourth-order valence-corrected chi connectivity index (χ4v) is 2.68. The highest BCUT2D eigenvalue weighted by Crippen LogP contribution is 2.36. The number of nitrogens with one attached hydrogen (secondary N) is 1. The molecule has 2 amide bonds. The number of nitrogens with zero attached hydrogens (tertiary/aromatic N) is 2. The average molecular weight is 373 g/mol. The summed E-state index contributed by atoms with van der Waals surface area (Å²) in [7, 11) is 0. The van der Waals surface area contributed by atoms with Gasteiger partial charge in [0.05, 0.1) is 17.4 Å². The number of carbonyl (C=O) groups excluding carboxylic acids is 1. The van der Waals surface area contributed by atoms with Crippen LogP contribution in [0.15, 0.2) is 24.9 Å². The van der Waals surface area contributed by atoms with Crippen LogP contribution in [0.25, 0.3) is 12.2 Å². The van der Waals surface area contributed by atoms with Crippen LogP contribution in [0.5, 0.6) is 0 Å². The Labute approximate surface area is 159 Å². The summed E-state index contributed by atoms with van der Waals surface area (Å²) in [5, 5.41) is 10.8. The van der Waals surface area contributed by atoms with Crippen molar-refractivity contribution >= 4 is 24.3 Å². The van der Waals surface area contributed by atoms with E-state index < -0.39 is 11.7 Å². The Kier molecular flexibility index (Phi) is 6.25. The Morgan fingerprint density at radius 1 is 1.37 bits per heavy atom. The maximum absolute atomic E-state index is 12.7. The van der Waals surface area contributed by atoms with Gasteiger partial charge < -0.3 is 9.84 Å². The van der Waals surface area contributed by atoms with Gasteiger partial charge in [-0.25, -0.2) is 14.6 Å². The first kappa shape index (κ1) is 20.5. The number of ether oxygens (including phenoxy) is 1.